The number of aliphatic hydroxyl groups is 1. The molecule has 0 bridgehead atoms. The number of nitrogens with zero attached hydrogens (tertiary/aromatic N) is 4. The molecule has 0 spiro atoms. The third-order valence-corrected chi connectivity index (χ3v) is 4.07. The number of aromatic nitrogens is 4. The first-order valence-corrected chi connectivity index (χ1v) is 7.38. The highest BCUT2D eigenvalue weighted by molar-refractivity contribution is 7.99. The minimum atomic E-state index is -0.682. The third-order valence-electron chi connectivity index (χ3n) is 2.76. The molecular formula is C11H23N5O2S. The van der Waals surface area contributed by atoms with Crippen LogP contribution >= 0.6 is 11.8 Å². The van der Waals surface area contributed by atoms with Crippen molar-refractivity contribution in [3.63, 3.8) is 0 Å². The molecule has 0 aliphatic carbocycles. The summed E-state index contributed by atoms with van der Waals surface area (Å²) >= 11 is 1.48. The second kappa shape index (κ2) is 8.47. The molecule has 1 rings (SSSR count). The van der Waals surface area contributed by atoms with Crippen LogP contribution in [0, 0.1) is 0 Å². The highest BCUT2D eigenvalue weighted by Gasteiger charge is 2.19. The first-order valence-electron chi connectivity index (χ1n) is 6.40. The van der Waals surface area contributed by atoms with E-state index >= 15 is 0 Å². The number of thioether (sulfide) groups is 1. The van der Waals surface area contributed by atoms with Gasteiger partial charge in [0.2, 0.25) is 5.16 Å². The number of hydrogen-bond donors (Lipinski definition) is 2. The van der Waals surface area contributed by atoms with Gasteiger partial charge in [-0.25, -0.2) is 4.68 Å². The van der Waals surface area contributed by atoms with Gasteiger partial charge < -0.3 is 15.2 Å². The van der Waals surface area contributed by atoms with Crippen molar-refractivity contribution in [3.8, 4) is 0 Å². The van der Waals surface area contributed by atoms with Gasteiger partial charge in [0, 0.05) is 26.0 Å². The van der Waals surface area contributed by atoms with Crippen LogP contribution in [0.2, 0.25) is 0 Å². The van der Waals surface area contributed by atoms with E-state index in [9.17, 15) is 5.11 Å². The summed E-state index contributed by atoms with van der Waals surface area (Å²) in [5, 5.41) is 25.5. The van der Waals surface area contributed by atoms with Gasteiger partial charge in [-0.3, -0.25) is 0 Å². The van der Waals surface area contributed by atoms with Gasteiger partial charge in [0.25, 0.3) is 0 Å². The highest BCUT2D eigenvalue weighted by Crippen LogP contribution is 2.21. The molecule has 0 radical (unpaired) electrons. The van der Waals surface area contributed by atoms with Gasteiger partial charge in [-0.1, -0.05) is 18.7 Å². The zero-order valence-electron chi connectivity index (χ0n) is 11.8. The molecule has 0 aromatic carbocycles. The average Bonchev–Trinajstić information content (AvgIpc) is 2.84. The highest BCUT2D eigenvalue weighted by atomic mass is 32.2. The van der Waals surface area contributed by atoms with Crippen LogP contribution in [0.25, 0.3) is 0 Å². The Morgan fingerprint density at radius 2 is 2.26 bits per heavy atom. The summed E-state index contributed by atoms with van der Waals surface area (Å²) in [5.74, 6) is 0.584. The molecule has 1 aromatic rings. The maximum atomic E-state index is 9.96. The third kappa shape index (κ3) is 6.33. The summed E-state index contributed by atoms with van der Waals surface area (Å²) in [7, 11) is 1.68. The minimum absolute atomic E-state index is 0.584. The summed E-state index contributed by atoms with van der Waals surface area (Å²) in [4.78, 5) is 0. The fraction of sp³-hybridized carbons (Fsp3) is 0.909. The molecule has 0 fully saturated rings. The van der Waals surface area contributed by atoms with Crippen molar-refractivity contribution >= 4 is 11.8 Å². The molecular weight excluding hydrogens is 266 g/mol. The van der Waals surface area contributed by atoms with E-state index in [1.165, 1.54) is 11.8 Å². The molecule has 0 aliphatic rings. The fourth-order valence-electron chi connectivity index (χ4n) is 1.25. The van der Waals surface area contributed by atoms with Crippen LogP contribution in [0.3, 0.4) is 0 Å². The van der Waals surface area contributed by atoms with Gasteiger partial charge in [-0.05, 0) is 23.8 Å². The van der Waals surface area contributed by atoms with Crippen molar-refractivity contribution in [2.24, 2.45) is 0 Å². The van der Waals surface area contributed by atoms with Crippen LogP contribution in [-0.2, 0) is 11.3 Å². The Morgan fingerprint density at radius 3 is 2.95 bits per heavy atom. The smallest absolute Gasteiger partial charge is 0.209 e. The second-order valence-corrected chi connectivity index (χ2v) is 5.51. The number of ether oxygens (including phenoxy) is 1. The van der Waals surface area contributed by atoms with E-state index in [1.807, 2.05) is 13.8 Å². The van der Waals surface area contributed by atoms with Crippen LogP contribution < -0.4 is 5.32 Å². The van der Waals surface area contributed by atoms with Gasteiger partial charge in [-0.15, -0.1) is 5.10 Å². The molecule has 1 heterocycles. The zero-order chi connectivity index (χ0) is 14.1. The lowest BCUT2D eigenvalue weighted by Gasteiger charge is -2.19. The van der Waals surface area contributed by atoms with Crippen molar-refractivity contribution in [1.82, 2.24) is 25.5 Å². The van der Waals surface area contributed by atoms with E-state index in [-0.39, 0.29) is 0 Å². The zero-order valence-corrected chi connectivity index (χ0v) is 12.6. The van der Waals surface area contributed by atoms with Gasteiger partial charge in [0.05, 0.1) is 18.8 Å². The van der Waals surface area contributed by atoms with Crippen molar-refractivity contribution in [2.45, 2.75) is 37.6 Å². The van der Waals surface area contributed by atoms with Crippen LogP contribution in [-0.4, -0.2) is 63.5 Å². The van der Waals surface area contributed by atoms with E-state index in [0.29, 0.717) is 25.3 Å². The van der Waals surface area contributed by atoms with Crippen LogP contribution in [0.4, 0.5) is 0 Å². The molecule has 1 atom stereocenters. The SMILES string of the molecule is CCC(C)(O)CSc1nnnn1CCNCCOC. The second-order valence-electron chi connectivity index (χ2n) is 4.57. The summed E-state index contributed by atoms with van der Waals surface area (Å²) in [6.45, 7) is 6.77. The molecule has 0 aliphatic heterocycles. The topological polar surface area (TPSA) is 85.1 Å². The quantitative estimate of drug-likeness (QED) is 0.469. The Morgan fingerprint density at radius 1 is 1.47 bits per heavy atom. The Bertz CT molecular complexity index is 359. The van der Waals surface area contributed by atoms with E-state index < -0.39 is 5.60 Å². The fourth-order valence-corrected chi connectivity index (χ4v) is 2.26. The molecule has 19 heavy (non-hydrogen) atoms. The van der Waals surface area contributed by atoms with E-state index in [4.69, 9.17) is 4.74 Å². The van der Waals surface area contributed by atoms with Crippen molar-refractivity contribution in [3.05, 3.63) is 0 Å². The summed E-state index contributed by atoms with van der Waals surface area (Å²) in [6.07, 6.45) is 0.708. The van der Waals surface area contributed by atoms with Crippen LogP contribution in [0.1, 0.15) is 20.3 Å². The lowest BCUT2D eigenvalue weighted by atomic mass is 10.1. The summed E-state index contributed by atoms with van der Waals surface area (Å²) < 4.78 is 6.70. The Labute approximate surface area is 118 Å². The molecule has 1 aromatic heterocycles. The predicted octanol–water partition coefficient (Wildman–Crippen LogP) is 0.162. The van der Waals surface area contributed by atoms with Gasteiger partial charge in [0.1, 0.15) is 0 Å². The standard InChI is InChI=1S/C11H23N5O2S/c1-4-11(2,17)9-19-10-13-14-15-16(10)7-5-12-6-8-18-3/h12,17H,4-9H2,1-3H3. The molecule has 1 unspecified atom stereocenters. The Hall–Kier alpha value is -0.700. The Kier molecular flexibility index (Phi) is 7.29. The van der Waals surface area contributed by atoms with Crippen LogP contribution in [0.15, 0.2) is 5.16 Å². The van der Waals surface area contributed by atoms with Gasteiger partial charge in [-0.2, -0.15) is 0 Å². The van der Waals surface area contributed by atoms with Crippen molar-refractivity contribution in [2.75, 3.05) is 32.6 Å². The molecule has 0 saturated heterocycles. The largest absolute Gasteiger partial charge is 0.389 e. The number of methoxy groups -OCH3 is 1. The average molecular weight is 289 g/mol. The number of tetrazole rings is 1. The van der Waals surface area contributed by atoms with Gasteiger partial charge >= 0.3 is 0 Å². The lowest BCUT2D eigenvalue weighted by Crippen LogP contribution is -2.27. The first kappa shape index (κ1) is 16.4. The Balaban J connectivity index is 2.34. The van der Waals surface area contributed by atoms with Crippen molar-refractivity contribution in [1.29, 1.82) is 0 Å². The molecule has 8 heteroatoms. The maximum absolute atomic E-state index is 9.96. The minimum Gasteiger partial charge on any atom is -0.389 e. The first-order chi connectivity index (χ1) is 9.09. The van der Waals surface area contributed by atoms with E-state index in [2.05, 4.69) is 20.8 Å². The number of rotatable bonds is 10. The number of hydrogen-bond acceptors (Lipinski definition) is 7. The molecule has 2 N–H and O–H groups in total. The normalized spacial score (nSPS) is 14.5. The molecule has 7 nitrogen and oxygen atoms in total. The predicted molar refractivity (Wildman–Crippen MR) is 74.2 cm³/mol. The number of nitrogens with one attached hydrogen (secondary N) is 1. The molecule has 110 valence electrons. The molecule has 0 saturated carbocycles. The van der Waals surface area contributed by atoms with E-state index in [0.717, 1.165) is 18.2 Å². The summed E-state index contributed by atoms with van der Waals surface area (Å²) in [6, 6.07) is 0. The van der Waals surface area contributed by atoms with E-state index in [1.54, 1.807) is 11.8 Å². The molecule has 0 amide bonds. The van der Waals surface area contributed by atoms with Crippen LogP contribution in [0.5, 0.6) is 0 Å². The van der Waals surface area contributed by atoms with Crippen molar-refractivity contribution < 1.29 is 9.84 Å². The van der Waals surface area contributed by atoms with Gasteiger partial charge in [0.15, 0.2) is 0 Å². The maximum Gasteiger partial charge on any atom is 0.209 e. The summed E-state index contributed by atoms with van der Waals surface area (Å²) in [5.41, 5.74) is -0.682. The lowest BCUT2D eigenvalue weighted by molar-refractivity contribution is 0.0815. The monoisotopic (exact) mass is 289 g/mol.